The van der Waals surface area contributed by atoms with Crippen molar-refractivity contribution in [2.24, 2.45) is 0 Å². The minimum Gasteiger partial charge on any atom is -0.480 e. The molecule has 1 N–H and O–H groups in total. The van der Waals surface area contributed by atoms with Crippen LogP contribution in [0.5, 0.6) is 0 Å². The molecule has 0 spiro atoms. The third-order valence-electron chi connectivity index (χ3n) is 4.92. The summed E-state index contributed by atoms with van der Waals surface area (Å²) >= 11 is 0. The Hall–Kier alpha value is -3.74. The largest absolute Gasteiger partial charge is 0.480 e. The summed E-state index contributed by atoms with van der Waals surface area (Å²) in [6.07, 6.45) is 0. The molecule has 6 nitrogen and oxygen atoms in total. The van der Waals surface area contributed by atoms with Crippen molar-refractivity contribution in [1.82, 2.24) is 14.3 Å². The summed E-state index contributed by atoms with van der Waals surface area (Å²) in [7, 11) is 0. The SMILES string of the molecule is Cc1c(-c2ccc(=O)n(Cc3ccccc3F)n2)c2ccccc2n1CC(=O)O. The smallest absolute Gasteiger partial charge is 0.323 e. The number of aliphatic carboxylic acids is 1. The van der Waals surface area contributed by atoms with Crippen molar-refractivity contribution in [1.29, 1.82) is 0 Å². The molecule has 0 fully saturated rings. The number of fused-ring (bicyclic) bond motifs is 1. The van der Waals surface area contributed by atoms with Crippen molar-refractivity contribution in [2.45, 2.75) is 20.0 Å². The highest BCUT2D eigenvalue weighted by molar-refractivity contribution is 5.97. The topological polar surface area (TPSA) is 77.1 Å². The molecule has 0 bridgehead atoms. The van der Waals surface area contributed by atoms with Crippen LogP contribution < -0.4 is 5.56 Å². The van der Waals surface area contributed by atoms with Gasteiger partial charge >= 0.3 is 5.97 Å². The molecule has 0 saturated carbocycles. The number of carboxylic acids is 1. The van der Waals surface area contributed by atoms with Gasteiger partial charge in [0, 0.05) is 33.8 Å². The molecule has 29 heavy (non-hydrogen) atoms. The molecule has 7 heteroatoms. The maximum atomic E-state index is 14.0. The second kappa shape index (κ2) is 7.35. The lowest BCUT2D eigenvalue weighted by Gasteiger charge is -2.09. The Labute approximate surface area is 165 Å². The van der Waals surface area contributed by atoms with Crippen molar-refractivity contribution in [2.75, 3.05) is 0 Å². The number of benzene rings is 2. The summed E-state index contributed by atoms with van der Waals surface area (Å²) in [6, 6.07) is 16.7. The van der Waals surface area contributed by atoms with Crippen LogP contribution in [0.25, 0.3) is 22.2 Å². The van der Waals surface area contributed by atoms with E-state index in [4.69, 9.17) is 0 Å². The minimum atomic E-state index is -0.946. The Bertz CT molecular complexity index is 1290. The summed E-state index contributed by atoms with van der Waals surface area (Å²) in [5.41, 5.74) is 2.81. The summed E-state index contributed by atoms with van der Waals surface area (Å²) in [5.74, 6) is -1.35. The number of para-hydroxylation sites is 1. The molecule has 2 aromatic carbocycles. The molecule has 0 atom stereocenters. The van der Waals surface area contributed by atoms with E-state index >= 15 is 0 Å². The minimum absolute atomic E-state index is 0.00611. The van der Waals surface area contributed by atoms with Crippen molar-refractivity contribution in [3.63, 3.8) is 0 Å². The van der Waals surface area contributed by atoms with Crippen LogP contribution in [0, 0.1) is 12.7 Å². The van der Waals surface area contributed by atoms with Crippen LogP contribution in [0.3, 0.4) is 0 Å². The summed E-state index contributed by atoms with van der Waals surface area (Å²) in [6.45, 7) is 1.65. The van der Waals surface area contributed by atoms with Gasteiger partial charge in [0.05, 0.1) is 12.2 Å². The Balaban J connectivity index is 1.87. The third-order valence-corrected chi connectivity index (χ3v) is 4.92. The zero-order chi connectivity index (χ0) is 20.5. The Morgan fingerprint density at radius 2 is 1.79 bits per heavy atom. The Morgan fingerprint density at radius 1 is 1.07 bits per heavy atom. The first kappa shape index (κ1) is 18.6. The first-order valence-electron chi connectivity index (χ1n) is 9.07. The predicted molar refractivity (Wildman–Crippen MR) is 107 cm³/mol. The van der Waals surface area contributed by atoms with E-state index in [2.05, 4.69) is 5.10 Å². The van der Waals surface area contributed by atoms with Crippen molar-refractivity contribution >= 4 is 16.9 Å². The van der Waals surface area contributed by atoms with E-state index in [0.29, 0.717) is 11.3 Å². The molecule has 0 saturated heterocycles. The first-order valence-corrected chi connectivity index (χ1v) is 9.07. The van der Waals surface area contributed by atoms with Gasteiger partial charge in [-0.25, -0.2) is 9.07 Å². The van der Waals surface area contributed by atoms with Gasteiger partial charge in [0.2, 0.25) is 0 Å². The van der Waals surface area contributed by atoms with Crippen LogP contribution in [-0.2, 0) is 17.9 Å². The van der Waals surface area contributed by atoms with Gasteiger partial charge in [0.25, 0.3) is 5.56 Å². The van der Waals surface area contributed by atoms with E-state index < -0.39 is 11.8 Å². The zero-order valence-electron chi connectivity index (χ0n) is 15.7. The summed E-state index contributed by atoms with van der Waals surface area (Å²) < 4.78 is 17.0. The van der Waals surface area contributed by atoms with Gasteiger partial charge in [-0.15, -0.1) is 0 Å². The highest BCUT2D eigenvalue weighted by Crippen LogP contribution is 2.33. The third kappa shape index (κ3) is 3.42. The molecular weight excluding hydrogens is 373 g/mol. The molecule has 0 unspecified atom stereocenters. The van der Waals surface area contributed by atoms with Crippen LogP contribution in [0.15, 0.2) is 65.5 Å². The lowest BCUT2D eigenvalue weighted by atomic mass is 10.1. The number of hydrogen-bond acceptors (Lipinski definition) is 3. The van der Waals surface area contributed by atoms with Crippen LogP contribution in [-0.4, -0.2) is 25.4 Å². The number of rotatable bonds is 5. The fourth-order valence-electron chi connectivity index (χ4n) is 3.58. The average Bonchev–Trinajstić information content (AvgIpc) is 2.97. The fourth-order valence-corrected chi connectivity index (χ4v) is 3.58. The monoisotopic (exact) mass is 391 g/mol. The zero-order valence-corrected chi connectivity index (χ0v) is 15.7. The maximum Gasteiger partial charge on any atom is 0.323 e. The number of hydrogen-bond donors (Lipinski definition) is 1. The second-order valence-electron chi connectivity index (χ2n) is 6.76. The van der Waals surface area contributed by atoms with Crippen LogP contribution in [0.1, 0.15) is 11.3 Å². The standard InChI is InChI=1S/C22H18FN3O3/c1-14-22(16-7-3-5-9-19(16)25(14)13-21(28)29)18-10-11-20(27)26(24-18)12-15-6-2-4-8-17(15)23/h2-11H,12-13H2,1H3,(H,28,29). The molecule has 2 aromatic heterocycles. The normalized spacial score (nSPS) is 11.1. The van der Waals surface area contributed by atoms with Gasteiger partial charge in [-0.05, 0) is 25.1 Å². The van der Waals surface area contributed by atoms with Crippen molar-refractivity contribution in [3.8, 4) is 11.3 Å². The first-order chi connectivity index (χ1) is 14.0. The van der Waals surface area contributed by atoms with Gasteiger partial charge in [0.1, 0.15) is 12.4 Å². The molecule has 0 aliphatic heterocycles. The molecule has 0 aliphatic rings. The highest BCUT2D eigenvalue weighted by Gasteiger charge is 2.18. The molecule has 4 rings (SSSR count). The van der Waals surface area contributed by atoms with Gasteiger partial charge in [-0.3, -0.25) is 9.59 Å². The molecule has 2 heterocycles. The lowest BCUT2D eigenvalue weighted by Crippen LogP contribution is -2.23. The quantitative estimate of drug-likeness (QED) is 0.565. The maximum absolute atomic E-state index is 14.0. The van der Waals surface area contributed by atoms with E-state index in [1.165, 1.54) is 16.8 Å². The van der Waals surface area contributed by atoms with Crippen molar-refractivity contribution < 1.29 is 14.3 Å². The molecule has 0 amide bonds. The van der Waals surface area contributed by atoms with E-state index in [1.54, 1.807) is 28.8 Å². The Morgan fingerprint density at radius 3 is 2.55 bits per heavy atom. The number of nitrogens with zero attached hydrogens (tertiary/aromatic N) is 3. The fraction of sp³-hybridized carbons (Fsp3) is 0.136. The van der Waals surface area contributed by atoms with E-state index in [0.717, 1.165) is 22.2 Å². The number of carboxylic acid groups (broad SMARTS) is 1. The van der Waals surface area contributed by atoms with Gasteiger partial charge in [-0.1, -0.05) is 36.4 Å². The number of aromatic nitrogens is 3. The van der Waals surface area contributed by atoms with Gasteiger partial charge in [-0.2, -0.15) is 5.10 Å². The van der Waals surface area contributed by atoms with Crippen LogP contribution >= 0.6 is 0 Å². The van der Waals surface area contributed by atoms with Crippen molar-refractivity contribution in [3.05, 3.63) is 88.1 Å². The summed E-state index contributed by atoms with van der Waals surface area (Å²) in [4.78, 5) is 23.6. The summed E-state index contributed by atoms with van der Waals surface area (Å²) in [5, 5.41) is 14.6. The van der Waals surface area contributed by atoms with Gasteiger partial charge in [0.15, 0.2) is 0 Å². The van der Waals surface area contributed by atoms with E-state index in [9.17, 15) is 19.1 Å². The molecule has 0 aliphatic carbocycles. The second-order valence-corrected chi connectivity index (χ2v) is 6.76. The highest BCUT2D eigenvalue weighted by atomic mass is 19.1. The number of halogens is 1. The van der Waals surface area contributed by atoms with E-state index in [-0.39, 0.29) is 18.6 Å². The molecule has 0 radical (unpaired) electrons. The average molecular weight is 391 g/mol. The number of carbonyl (C=O) groups is 1. The van der Waals surface area contributed by atoms with Crippen LogP contribution in [0.2, 0.25) is 0 Å². The molecule has 4 aromatic rings. The lowest BCUT2D eigenvalue weighted by molar-refractivity contribution is -0.137. The van der Waals surface area contributed by atoms with E-state index in [1.807, 2.05) is 31.2 Å². The molecule has 146 valence electrons. The Kier molecular flexibility index (Phi) is 4.72. The van der Waals surface area contributed by atoms with Gasteiger partial charge < -0.3 is 9.67 Å². The predicted octanol–water partition coefficient (Wildman–Crippen LogP) is 3.45. The molecular formula is C22H18FN3O3. The van der Waals surface area contributed by atoms with Crippen LogP contribution in [0.4, 0.5) is 4.39 Å².